The number of benzene rings is 1. The zero-order valence-corrected chi connectivity index (χ0v) is 13.8. The van der Waals surface area contributed by atoms with Crippen LogP contribution in [0.3, 0.4) is 0 Å². The van der Waals surface area contributed by atoms with Gasteiger partial charge in [0.15, 0.2) is 0 Å². The van der Waals surface area contributed by atoms with Crippen molar-refractivity contribution in [1.29, 1.82) is 0 Å². The van der Waals surface area contributed by atoms with Gasteiger partial charge in [0, 0.05) is 27.4 Å². The molecule has 0 radical (unpaired) electrons. The van der Waals surface area contributed by atoms with Crippen molar-refractivity contribution in [2.45, 2.75) is 24.3 Å². The monoisotopic (exact) mass is 381 g/mol. The van der Waals surface area contributed by atoms with E-state index < -0.39 is 15.2 Å². The number of nitrogens with one attached hydrogen (secondary N) is 1. The molecule has 1 amide bonds. The van der Waals surface area contributed by atoms with Crippen LogP contribution in [-0.4, -0.2) is 27.0 Å². The topological polar surface area (TPSA) is 72.5 Å². The number of anilines is 1. The van der Waals surface area contributed by atoms with E-state index in [9.17, 15) is 13.2 Å². The lowest BCUT2D eigenvalue weighted by Crippen LogP contribution is -2.31. The van der Waals surface area contributed by atoms with E-state index in [1.807, 2.05) is 6.92 Å². The van der Waals surface area contributed by atoms with Gasteiger partial charge >= 0.3 is 0 Å². The number of rotatable bonds is 3. The normalized spacial score (nSPS) is 22.8. The van der Waals surface area contributed by atoms with Crippen LogP contribution in [0.5, 0.6) is 0 Å². The summed E-state index contributed by atoms with van der Waals surface area (Å²) < 4.78 is 28.2. The predicted octanol–water partition coefficient (Wildman–Crippen LogP) is 2.74. The van der Waals surface area contributed by atoms with Crippen molar-refractivity contribution in [2.75, 3.05) is 11.9 Å². The van der Waals surface area contributed by atoms with E-state index in [1.54, 1.807) is 0 Å². The first kappa shape index (κ1) is 15.8. The minimum absolute atomic E-state index is 0.0392. The quantitative estimate of drug-likeness (QED) is 0.816. The molecule has 20 heavy (non-hydrogen) atoms. The van der Waals surface area contributed by atoms with Crippen LogP contribution in [0.1, 0.15) is 13.3 Å². The van der Waals surface area contributed by atoms with Crippen molar-refractivity contribution in [3.8, 4) is 0 Å². The van der Waals surface area contributed by atoms with E-state index in [-0.39, 0.29) is 16.7 Å². The van der Waals surface area contributed by atoms with Gasteiger partial charge in [0.05, 0.1) is 4.90 Å². The van der Waals surface area contributed by atoms with Gasteiger partial charge in [-0.3, -0.25) is 4.79 Å². The maximum absolute atomic E-state index is 12.0. The molecule has 1 aromatic rings. The molecule has 2 rings (SSSR count). The van der Waals surface area contributed by atoms with E-state index >= 15 is 0 Å². The third-order valence-corrected chi connectivity index (χ3v) is 5.41. The Morgan fingerprint density at radius 3 is 2.70 bits per heavy atom. The molecule has 1 heterocycles. The van der Waals surface area contributed by atoms with Gasteiger partial charge in [-0.1, -0.05) is 6.92 Å². The summed E-state index contributed by atoms with van der Waals surface area (Å²) in [5, 5.41) is 2.70. The van der Waals surface area contributed by atoms with Crippen LogP contribution in [0.4, 0.5) is 5.69 Å². The fourth-order valence-electron chi connectivity index (χ4n) is 2.02. The second-order valence-electron chi connectivity index (χ2n) is 4.63. The van der Waals surface area contributed by atoms with Crippen LogP contribution >= 0.6 is 26.6 Å². The smallest absolute Gasteiger partial charge is 0.262 e. The van der Waals surface area contributed by atoms with Crippen LogP contribution in [0.15, 0.2) is 27.6 Å². The molecule has 2 unspecified atom stereocenters. The van der Waals surface area contributed by atoms with E-state index in [2.05, 4.69) is 21.2 Å². The minimum atomic E-state index is -3.82. The van der Waals surface area contributed by atoms with Crippen molar-refractivity contribution in [3.05, 3.63) is 22.7 Å². The van der Waals surface area contributed by atoms with Gasteiger partial charge < -0.3 is 10.1 Å². The van der Waals surface area contributed by atoms with Crippen molar-refractivity contribution in [2.24, 2.45) is 5.92 Å². The number of hydrogen-bond donors (Lipinski definition) is 1. The highest BCUT2D eigenvalue weighted by atomic mass is 79.9. The Balaban J connectivity index is 2.15. The third-order valence-electron chi connectivity index (χ3n) is 3.11. The van der Waals surface area contributed by atoms with Gasteiger partial charge in [-0.25, -0.2) is 8.42 Å². The molecule has 8 heteroatoms. The highest BCUT2D eigenvalue weighted by Gasteiger charge is 2.31. The summed E-state index contributed by atoms with van der Waals surface area (Å²) in [6.07, 6.45) is 0.385. The second kappa shape index (κ2) is 6.01. The Bertz CT molecular complexity index is 634. The Morgan fingerprint density at radius 1 is 1.50 bits per heavy atom. The molecule has 1 saturated heterocycles. The van der Waals surface area contributed by atoms with Crippen LogP contribution in [0, 0.1) is 5.92 Å². The molecule has 1 aliphatic rings. The second-order valence-corrected chi connectivity index (χ2v) is 8.02. The standard InChI is InChI=1S/C12H13BrClNO4S/c1-7-4-5-19-11(7)12(16)15-8-2-3-10(9(13)6-8)20(14,17)18/h2-3,6-7,11H,4-5H2,1H3,(H,15,16). The van der Waals surface area contributed by atoms with Gasteiger partial charge in [0.2, 0.25) is 0 Å². The molecule has 0 aromatic heterocycles. The van der Waals surface area contributed by atoms with E-state index in [0.717, 1.165) is 6.42 Å². The van der Waals surface area contributed by atoms with Crippen molar-refractivity contribution in [3.63, 3.8) is 0 Å². The lowest BCUT2D eigenvalue weighted by atomic mass is 10.0. The molecule has 110 valence electrons. The number of amides is 1. The molecule has 1 fully saturated rings. The molecule has 5 nitrogen and oxygen atoms in total. The lowest BCUT2D eigenvalue weighted by molar-refractivity contribution is -0.126. The van der Waals surface area contributed by atoms with Gasteiger partial charge in [-0.2, -0.15) is 0 Å². The fraction of sp³-hybridized carbons (Fsp3) is 0.417. The highest BCUT2D eigenvalue weighted by molar-refractivity contribution is 9.10. The molecular weight excluding hydrogens is 370 g/mol. The molecule has 0 saturated carbocycles. The Morgan fingerprint density at radius 2 is 2.20 bits per heavy atom. The van der Waals surface area contributed by atoms with Crippen LogP contribution in [-0.2, 0) is 18.6 Å². The van der Waals surface area contributed by atoms with Crippen LogP contribution in [0.25, 0.3) is 0 Å². The van der Waals surface area contributed by atoms with Crippen molar-refractivity contribution in [1.82, 2.24) is 0 Å². The first-order valence-electron chi connectivity index (χ1n) is 5.95. The Labute approximate surface area is 130 Å². The maximum atomic E-state index is 12.0. The number of carbonyl (C=O) groups is 1. The Hall–Kier alpha value is -0.630. The van der Waals surface area contributed by atoms with Gasteiger partial charge in [-0.15, -0.1) is 0 Å². The Kier molecular flexibility index (Phi) is 4.73. The summed E-state index contributed by atoms with van der Waals surface area (Å²) in [5.74, 6) is -0.0654. The van der Waals surface area contributed by atoms with E-state index in [4.69, 9.17) is 15.4 Å². The summed E-state index contributed by atoms with van der Waals surface area (Å²) >= 11 is 3.12. The zero-order chi connectivity index (χ0) is 14.9. The SMILES string of the molecule is CC1CCOC1C(=O)Nc1ccc(S(=O)(=O)Cl)c(Br)c1. The first-order chi connectivity index (χ1) is 9.29. The summed E-state index contributed by atoms with van der Waals surface area (Å²) in [6.45, 7) is 2.53. The largest absolute Gasteiger partial charge is 0.368 e. The van der Waals surface area contributed by atoms with Crippen molar-refractivity contribution < 1.29 is 17.9 Å². The number of hydrogen-bond acceptors (Lipinski definition) is 4. The molecule has 1 aliphatic heterocycles. The molecule has 0 aliphatic carbocycles. The molecular formula is C12H13BrClNO4S. The summed E-state index contributed by atoms with van der Waals surface area (Å²) in [6, 6.07) is 4.31. The highest BCUT2D eigenvalue weighted by Crippen LogP contribution is 2.28. The van der Waals surface area contributed by atoms with Gasteiger partial charge in [-0.05, 0) is 46.5 Å². The van der Waals surface area contributed by atoms with Crippen LogP contribution in [0.2, 0.25) is 0 Å². The molecule has 2 atom stereocenters. The average molecular weight is 383 g/mol. The fourth-order valence-corrected chi connectivity index (χ4v) is 4.24. The summed E-state index contributed by atoms with van der Waals surface area (Å²) in [7, 11) is 1.46. The number of halogens is 2. The maximum Gasteiger partial charge on any atom is 0.262 e. The number of carbonyl (C=O) groups excluding carboxylic acids is 1. The first-order valence-corrected chi connectivity index (χ1v) is 9.06. The summed E-state index contributed by atoms with van der Waals surface area (Å²) in [5.41, 5.74) is 0.480. The molecule has 1 aromatic carbocycles. The van der Waals surface area contributed by atoms with Crippen molar-refractivity contribution >= 4 is 47.3 Å². The van der Waals surface area contributed by atoms with Gasteiger partial charge in [0.1, 0.15) is 6.10 Å². The predicted molar refractivity (Wildman–Crippen MR) is 79.3 cm³/mol. The lowest BCUT2D eigenvalue weighted by Gasteiger charge is -2.15. The average Bonchev–Trinajstić information content (AvgIpc) is 2.73. The molecule has 1 N–H and O–H groups in total. The molecule has 0 spiro atoms. The van der Waals surface area contributed by atoms with E-state index in [1.165, 1.54) is 18.2 Å². The zero-order valence-electron chi connectivity index (χ0n) is 10.6. The number of ether oxygens (including phenoxy) is 1. The minimum Gasteiger partial charge on any atom is -0.368 e. The van der Waals surface area contributed by atoms with Crippen LogP contribution < -0.4 is 5.32 Å². The third kappa shape index (κ3) is 3.52. The molecule has 0 bridgehead atoms. The summed E-state index contributed by atoms with van der Waals surface area (Å²) in [4.78, 5) is 12.0. The van der Waals surface area contributed by atoms with Gasteiger partial charge in [0.25, 0.3) is 15.0 Å². The van der Waals surface area contributed by atoms with E-state index in [0.29, 0.717) is 16.8 Å².